The van der Waals surface area contributed by atoms with E-state index < -0.39 is 5.82 Å². The van der Waals surface area contributed by atoms with Crippen LogP contribution in [0.4, 0.5) is 4.39 Å². The maximum absolute atomic E-state index is 13.6. The van der Waals surface area contributed by atoms with Crippen LogP contribution >= 0.6 is 27.7 Å². The van der Waals surface area contributed by atoms with Gasteiger partial charge in [-0.3, -0.25) is 9.59 Å². The predicted molar refractivity (Wildman–Crippen MR) is 88.0 cm³/mol. The molecule has 1 atom stereocenters. The van der Waals surface area contributed by atoms with Crippen LogP contribution in [0.5, 0.6) is 0 Å². The lowest BCUT2D eigenvalue weighted by Gasteiger charge is -2.30. The molecule has 0 bridgehead atoms. The maximum Gasteiger partial charge on any atom is 0.320 e. The average Bonchev–Trinajstić information content (AvgIpc) is 2.54. The normalized spacial score (nSPS) is 18.5. The van der Waals surface area contributed by atoms with Crippen molar-refractivity contribution in [1.82, 2.24) is 4.90 Å². The number of carbonyl (C=O) groups is 2. The lowest BCUT2D eigenvalue weighted by molar-refractivity contribution is -0.140. The Bertz CT molecular complexity index is 608. The van der Waals surface area contributed by atoms with Crippen LogP contribution in [0.25, 0.3) is 6.08 Å². The van der Waals surface area contributed by atoms with Gasteiger partial charge in [0.2, 0.25) is 5.91 Å². The average molecular weight is 388 g/mol. The first-order valence-corrected chi connectivity index (χ1v) is 8.47. The van der Waals surface area contributed by atoms with Crippen LogP contribution in [0, 0.1) is 5.82 Å². The van der Waals surface area contributed by atoms with Gasteiger partial charge >= 0.3 is 5.97 Å². The molecule has 0 aromatic heterocycles. The molecule has 0 N–H and O–H groups in total. The van der Waals surface area contributed by atoms with Crippen molar-refractivity contribution < 1.29 is 18.7 Å². The van der Waals surface area contributed by atoms with Gasteiger partial charge in [0.05, 0.1) is 7.11 Å². The third-order valence-electron chi connectivity index (χ3n) is 3.21. The smallest absolute Gasteiger partial charge is 0.320 e. The number of benzene rings is 1. The molecule has 0 spiro atoms. The Morgan fingerprint density at radius 2 is 2.27 bits per heavy atom. The van der Waals surface area contributed by atoms with E-state index in [0.29, 0.717) is 24.4 Å². The highest BCUT2D eigenvalue weighted by Crippen LogP contribution is 2.21. The Kier molecular flexibility index (Phi) is 6.02. The first-order chi connectivity index (χ1) is 10.5. The number of methoxy groups -OCH3 is 1. The summed E-state index contributed by atoms with van der Waals surface area (Å²) in [6, 6.07) is 4.53. The summed E-state index contributed by atoms with van der Waals surface area (Å²) < 4.78 is 19.1. The highest BCUT2D eigenvalue weighted by molar-refractivity contribution is 9.10. The second kappa shape index (κ2) is 7.78. The molecule has 1 aliphatic rings. The summed E-state index contributed by atoms with van der Waals surface area (Å²) in [5.41, 5.74) is 0.332. The van der Waals surface area contributed by atoms with Crippen molar-refractivity contribution in [3.05, 3.63) is 40.1 Å². The molecule has 1 amide bonds. The van der Waals surface area contributed by atoms with Crippen molar-refractivity contribution in [3.63, 3.8) is 0 Å². The van der Waals surface area contributed by atoms with Gasteiger partial charge < -0.3 is 9.64 Å². The summed E-state index contributed by atoms with van der Waals surface area (Å²) in [6.07, 6.45) is 2.77. The van der Waals surface area contributed by atoms with Gasteiger partial charge in [-0.2, -0.15) is 0 Å². The molecule has 0 radical (unpaired) electrons. The minimum atomic E-state index is -0.395. The number of hydrogen-bond donors (Lipinski definition) is 0. The van der Waals surface area contributed by atoms with E-state index in [1.807, 2.05) is 0 Å². The molecule has 1 aromatic carbocycles. The molecular formula is C15H15BrFNO3S. The third-order valence-corrected chi connectivity index (χ3v) is 4.86. The van der Waals surface area contributed by atoms with Crippen LogP contribution in [0.2, 0.25) is 0 Å². The Morgan fingerprint density at radius 3 is 3.00 bits per heavy atom. The number of amides is 1. The molecule has 1 fully saturated rings. The van der Waals surface area contributed by atoms with Gasteiger partial charge in [-0.15, -0.1) is 11.8 Å². The number of esters is 1. The topological polar surface area (TPSA) is 46.6 Å². The minimum absolute atomic E-state index is 0.242. The van der Waals surface area contributed by atoms with E-state index in [1.54, 1.807) is 17.0 Å². The van der Waals surface area contributed by atoms with Crippen molar-refractivity contribution in [1.29, 1.82) is 0 Å². The molecule has 4 nitrogen and oxygen atoms in total. The number of nitrogens with zero attached hydrogens (tertiary/aromatic N) is 1. The highest BCUT2D eigenvalue weighted by atomic mass is 79.9. The fourth-order valence-electron chi connectivity index (χ4n) is 2.03. The van der Waals surface area contributed by atoms with Gasteiger partial charge in [-0.25, -0.2) is 4.39 Å². The zero-order chi connectivity index (χ0) is 16.1. The summed E-state index contributed by atoms with van der Waals surface area (Å²) >= 11 is 4.74. The summed E-state index contributed by atoms with van der Waals surface area (Å²) in [5.74, 6) is -0.295. The van der Waals surface area contributed by atoms with Crippen molar-refractivity contribution in [3.8, 4) is 0 Å². The number of carbonyl (C=O) groups excluding carboxylic acids is 2. The quantitative estimate of drug-likeness (QED) is 0.590. The number of thioether (sulfide) groups is 1. The van der Waals surface area contributed by atoms with Gasteiger partial charge in [0.1, 0.15) is 11.1 Å². The van der Waals surface area contributed by atoms with Gasteiger partial charge in [0.15, 0.2) is 0 Å². The molecule has 7 heteroatoms. The van der Waals surface area contributed by atoms with Crippen LogP contribution in [0.15, 0.2) is 28.7 Å². The summed E-state index contributed by atoms with van der Waals surface area (Å²) in [4.78, 5) is 25.3. The summed E-state index contributed by atoms with van der Waals surface area (Å²) in [6.45, 7) is 0.865. The Morgan fingerprint density at radius 1 is 1.50 bits per heavy atom. The maximum atomic E-state index is 13.6. The number of ether oxygens (including phenoxy) is 1. The SMILES string of the molecule is COC(=O)[C@@H]1CN(C(=O)/C=C/c2cc(Br)ccc2F)CCS1. The zero-order valence-electron chi connectivity index (χ0n) is 11.9. The number of rotatable bonds is 3. The fraction of sp³-hybridized carbons (Fsp3) is 0.333. The van der Waals surface area contributed by atoms with E-state index in [4.69, 9.17) is 4.74 Å². The van der Waals surface area contributed by atoms with Gasteiger partial charge in [-0.1, -0.05) is 15.9 Å². The Hall–Kier alpha value is -1.34. The highest BCUT2D eigenvalue weighted by Gasteiger charge is 2.28. The van der Waals surface area contributed by atoms with Crippen molar-refractivity contribution >= 4 is 45.6 Å². The number of halogens is 2. The van der Waals surface area contributed by atoms with Crippen LogP contribution in [-0.2, 0) is 14.3 Å². The van der Waals surface area contributed by atoms with Gasteiger partial charge in [-0.05, 0) is 24.3 Å². The second-order valence-electron chi connectivity index (χ2n) is 4.67. The molecule has 1 aromatic rings. The lowest BCUT2D eigenvalue weighted by atomic mass is 10.2. The van der Waals surface area contributed by atoms with Crippen LogP contribution < -0.4 is 0 Å². The lowest BCUT2D eigenvalue weighted by Crippen LogP contribution is -2.44. The summed E-state index contributed by atoms with van der Waals surface area (Å²) in [7, 11) is 1.33. The molecule has 118 valence electrons. The molecule has 0 aliphatic carbocycles. The molecule has 1 heterocycles. The van der Waals surface area contributed by atoms with Crippen molar-refractivity contribution in [2.75, 3.05) is 26.0 Å². The Balaban J connectivity index is 2.03. The molecular weight excluding hydrogens is 373 g/mol. The fourth-order valence-corrected chi connectivity index (χ4v) is 3.54. The largest absolute Gasteiger partial charge is 0.468 e. The van der Waals surface area contributed by atoms with Crippen molar-refractivity contribution in [2.24, 2.45) is 0 Å². The molecule has 22 heavy (non-hydrogen) atoms. The third kappa shape index (κ3) is 4.33. The van der Waals surface area contributed by atoms with Crippen LogP contribution in [0.1, 0.15) is 5.56 Å². The zero-order valence-corrected chi connectivity index (χ0v) is 14.3. The minimum Gasteiger partial charge on any atom is -0.468 e. The van der Waals surface area contributed by atoms with E-state index >= 15 is 0 Å². The first-order valence-electron chi connectivity index (χ1n) is 6.62. The molecule has 2 rings (SSSR count). The van der Waals surface area contributed by atoms with E-state index in [2.05, 4.69) is 15.9 Å². The standard InChI is InChI=1S/C15H15BrFNO3S/c1-21-15(20)13-9-18(6-7-22-13)14(19)5-2-10-8-11(16)3-4-12(10)17/h2-5,8,13H,6-7,9H2,1H3/b5-2+/t13-/m0/s1. The van der Waals surface area contributed by atoms with E-state index in [0.717, 1.165) is 4.47 Å². The second-order valence-corrected chi connectivity index (χ2v) is 6.89. The summed E-state index contributed by atoms with van der Waals surface area (Å²) in [5, 5.41) is -0.362. The molecule has 1 aliphatic heterocycles. The molecule has 0 unspecified atom stereocenters. The van der Waals surface area contributed by atoms with Crippen molar-refractivity contribution in [2.45, 2.75) is 5.25 Å². The Labute approximate surface area is 140 Å². The monoisotopic (exact) mass is 387 g/mol. The van der Waals surface area contributed by atoms with E-state index in [1.165, 1.54) is 37.1 Å². The van der Waals surface area contributed by atoms with Gasteiger partial charge in [0.25, 0.3) is 0 Å². The number of hydrogen-bond acceptors (Lipinski definition) is 4. The van der Waals surface area contributed by atoms with E-state index in [-0.39, 0.29) is 17.1 Å². The van der Waals surface area contributed by atoms with Gasteiger partial charge in [0, 0.05) is 35.0 Å². The predicted octanol–water partition coefficient (Wildman–Crippen LogP) is 2.72. The molecule has 1 saturated heterocycles. The van der Waals surface area contributed by atoms with Crippen LogP contribution in [-0.4, -0.2) is 48.0 Å². The first kappa shape index (κ1) is 17.0. The molecule has 0 saturated carbocycles. The van der Waals surface area contributed by atoms with Crippen LogP contribution in [0.3, 0.4) is 0 Å². The van der Waals surface area contributed by atoms with E-state index in [9.17, 15) is 14.0 Å².